The van der Waals surface area contributed by atoms with Crippen molar-refractivity contribution >= 4 is 31.1 Å². The van der Waals surface area contributed by atoms with E-state index in [0.29, 0.717) is 0 Å². The molecule has 0 saturated heterocycles. The quantitative estimate of drug-likeness (QED) is 0.269. The molecule has 0 aliphatic rings. The van der Waals surface area contributed by atoms with Gasteiger partial charge in [0.1, 0.15) is 0 Å². The summed E-state index contributed by atoms with van der Waals surface area (Å²) in [7, 11) is -0.861. The Hall–Kier alpha value is 1.71. The van der Waals surface area contributed by atoms with Gasteiger partial charge in [-0.05, 0) is 0 Å². The second-order valence-corrected chi connectivity index (χ2v) is 7.68. The molecule has 7 heavy (non-hydrogen) atoms. The molecule has 0 aliphatic heterocycles. The summed E-state index contributed by atoms with van der Waals surface area (Å²) in [6.07, 6.45) is 0. The van der Waals surface area contributed by atoms with Crippen molar-refractivity contribution in [3.63, 3.8) is 0 Å². The summed E-state index contributed by atoms with van der Waals surface area (Å²) in [6, 6.07) is 0. The zero-order chi connectivity index (χ0) is 4.50. The van der Waals surface area contributed by atoms with Crippen LogP contribution in [0.4, 0.5) is 0 Å². The van der Waals surface area contributed by atoms with Crippen LogP contribution < -0.4 is 24.0 Å². The zero-order valence-corrected chi connectivity index (χ0v) is 9.86. The summed E-state index contributed by atoms with van der Waals surface area (Å²) >= 11 is 0. The van der Waals surface area contributed by atoms with Gasteiger partial charge in [0.2, 0.25) is 0 Å². The summed E-state index contributed by atoms with van der Waals surface area (Å²) in [5.41, 5.74) is 0. The van der Waals surface area contributed by atoms with Crippen LogP contribution in [0.3, 0.4) is 0 Å². The molecule has 0 saturated carbocycles. The third-order valence-corrected chi connectivity index (χ3v) is 0. The Bertz CT molecular complexity index is 27.2. The van der Waals surface area contributed by atoms with Gasteiger partial charge in [0.15, 0.2) is 0 Å². The molecule has 0 fully saturated rings. The van der Waals surface area contributed by atoms with Gasteiger partial charge in [0, 0.05) is 0 Å². The Morgan fingerprint density at radius 2 is 1.14 bits per heavy atom. The fraction of sp³-hybridized carbons (Fsp3) is 0.750. The fourth-order valence-electron chi connectivity index (χ4n) is 0. The van der Waals surface area contributed by atoms with Gasteiger partial charge in [0.25, 0.3) is 0 Å². The van der Waals surface area contributed by atoms with Crippen molar-refractivity contribution in [3.05, 3.63) is 6.55 Å². The van der Waals surface area contributed by atoms with E-state index in [4.69, 9.17) is 0 Å². The monoisotopic (exact) mass is 238 g/mol. The first-order valence-corrected chi connectivity index (χ1v) is 5.56. The first-order valence-electron chi connectivity index (χ1n) is 1.85. The molecule has 40 valence electrons. The average Bonchev–Trinajstić information content (AvgIpc) is 0.722. The number of rotatable bonds is 0. The van der Waals surface area contributed by atoms with Crippen LogP contribution in [0.5, 0.6) is 0 Å². The number of hydrogen-bond acceptors (Lipinski definition) is 0. The van der Waals surface area contributed by atoms with Gasteiger partial charge < -0.3 is 30.5 Å². The van der Waals surface area contributed by atoms with E-state index in [9.17, 15) is 0 Å². The molecule has 0 aromatic carbocycles. The molecular weight excluding hydrogens is 227 g/mol. The molecule has 0 atom stereocenters. The molecule has 0 heterocycles. The molecule has 0 N–H and O–H groups in total. The van der Waals surface area contributed by atoms with Crippen molar-refractivity contribution in [3.8, 4) is 0 Å². The SMILES string of the molecule is [CH2-][Si](C)(C)C.[I-].[Mg+2]. The maximum Gasteiger partial charge on any atom is 2.00 e. The van der Waals surface area contributed by atoms with Crippen LogP contribution in [0.1, 0.15) is 0 Å². The predicted molar refractivity (Wildman–Crippen MR) is 34.5 cm³/mol. The maximum atomic E-state index is 3.91. The second kappa shape index (κ2) is 5.84. The van der Waals surface area contributed by atoms with E-state index < -0.39 is 8.07 Å². The minimum Gasteiger partial charge on any atom is -1.00 e. The smallest absolute Gasteiger partial charge is 1.00 e. The van der Waals surface area contributed by atoms with Crippen molar-refractivity contribution in [1.82, 2.24) is 0 Å². The second-order valence-electron chi connectivity index (χ2n) is 2.56. The molecule has 0 radical (unpaired) electrons. The molecule has 0 aromatic rings. The average molecular weight is 238 g/mol. The van der Waals surface area contributed by atoms with E-state index >= 15 is 0 Å². The first-order chi connectivity index (χ1) is 2.00. The minimum absolute atomic E-state index is 0. The molecule has 0 bridgehead atoms. The van der Waals surface area contributed by atoms with Gasteiger partial charge in [-0.3, -0.25) is 0 Å². The Balaban J connectivity index is -0.0000000800. The van der Waals surface area contributed by atoms with Gasteiger partial charge in [-0.15, -0.1) is 8.07 Å². The molecule has 0 rings (SSSR count). The predicted octanol–water partition coefficient (Wildman–Crippen LogP) is -1.68. The Morgan fingerprint density at radius 3 is 1.14 bits per heavy atom. The summed E-state index contributed by atoms with van der Waals surface area (Å²) in [5.74, 6) is 0. The topological polar surface area (TPSA) is 0 Å². The van der Waals surface area contributed by atoms with Crippen LogP contribution in [0.25, 0.3) is 0 Å². The fourth-order valence-corrected chi connectivity index (χ4v) is 0. The zero-order valence-electron chi connectivity index (χ0n) is 5.29. The van der Waals surface area contributed by atoms with E-state index in [1.165, 1.54) is 0 Å². The molecular formula is C4H11IMgSi. The van der Waals surface area contributed by atoms with Crippen LogP contribution in [-0.4, -0.2) is 31.1 Å². The van der Waals surface area contributed by atoms with E-state index in [-0.39, 0.29) is 47.0 Å². The van der Waals surface area contributed by atoms with Gasteiger partial charge in [-0.25, -0.2) is 0 Å². The van der Waals surface area contributed by atoms with E-state index in [0.717, 1.165) is 0 Å². The Labute approximate surface area is 80.6 Å². The first kappa shape index (κ1) is 15.9. The minimum atomic E-state index is -0.861. The summed E-state index contributed by atoms with van der Waals surface area (Å²) < 4.78 is 0. The molecule has 0 nitrogen and oxygen atoms in total. The number of halogens is 1. The van der Waals surface area contributed by atoms with Crippen molar-refractivity contribution in [2.45, 2.75) is 19.6 Å². The molecule has 0 spiro atoms. The Kier molecular flexibility index (Phi) is 13.3. The third kappa shape index (κ3) is 85.8. The van der Waals surface area contributed by atoms with Gasteiger partial charge >= 0.3 is 23.1 Å². The van der Waals surface area contributed by atoms with Crippen molar-refractivity contribution in [2.75, 3.05) is 0 Å². The van der Waals surface area contributed by atoms with Crippen molar-refractivity contribution < 1.29 is 24.0 Å². The Morgan fingerprint density at radius 1 is 1.14 bits per heavy atom. The summed E-state index contributed by atoms with van der Waals surface area (Å²) in [6.45, 7) is 10.6. The normalized spacial score (nSPS) is 8.57. The van der Waals surface area contributed by atoms with Crippen LogP contribution in [0.15, 0.2) is 0 Å². The summed E-state index contributed by atoms with van der Waals surface area (Å²) in [5, 5.41) is 0. The van der Waals surface area contributed by atoms with Crippen LogP contribution in [0.2, 0.25) is 19.6 Å². The maximum absolute atomic E-state index is 3.91. The van der Waals surface area contributed by atoms with E-state index in [1.54, 1.807) is 0 Å². The van der Waals surface area contributed by atoms with Crippen molar-refractivity contribution in [2.24, 2.45) is 0 Å². The van der Waals surface area contributed by atoms with Crippen molar-refractivity contribution in [1.29, 1.82) is 0 Å². The van der Waals surface area contributed by atoms with E-state index in [1.807, 2.05) is 0 Å². The number of hydrogen-bond donors (Lipinski definition) is 0. The van der Waals surface area contributed by atoms with Gasteiger partial charge in [-0.2, -0.15) is 0 Å². The molecule has 0 aliphatic carbocycles. The molecule has 3 heteroatoms. The standard InChI is InChI=1S/C4H11Si.HI.Mg/c1-5(2,3)4;;/h1H2,2-4H3;1H;/q-1;;+2/p-1. The van der Waals surface area contributed by atoms with Gasteiger partial charge in [0.05, 0.1) is 0 Å². The molecule has 0 unspecified atom stereocenters. The van der Waals surface area contributed by atoms with Crippen LogP contribution in [0, 0.1) is 6.55 Å². The summed E-state index contributed by atoms with van der Waals surface area (Å²) in [4.78, 5) is 0. The molecule has 0 aromatic heterocycles. The molecule has 0 amide bonds. The van der Waals surface area contributed by atoms with E-state index in [2.05, 4.69) is 26.2 Å². The van der Waals surface area contributed by atoms with Crippen LogP contribution in [-0.2, 0) is 0 Å². The van der Waals surface area contributed by atoms with Gasteiger partial charge in [-0.1, -0.05) is 19.6 Å². The largest absolute Gasteiger partial charge is 2.00 e. The van der Waals surface area contributed by atoms with Crippen LogP contribution >= 0.6 is 0 Å². The third-order valence-electron chi connectivity index (χ3n) is 0.